The van der Waals surface area contributed by atoms with Crippen molar-refractivity contribution < 1.29 is 35.9 Å². The van der Waals surface area contributed by atoms with Crippen LogP contribution in [0.1, 0.15) is 26.7 Å². The van der Waals surface area contributed by atoms with Crippen molar-refractivity contribution in [1.82, 2.24) is 4.90 Å². The molecule has 0 atom stereocenters. The van der Waals surface area contributed by atoms with Gasteiger partial charge in [0.15, 0.2) is 0 Å². The van der Waals surface area contributed by atoms with Gasteiger partial charge in [-0.05, 0) is 5.92 Å². The predicted octanol–water partition coefficient (Wildman–Crippen LogP) is 2.90. The number of carbonyl (C=O) groups is 2. The molecule has 0 saturated heterocycles. The van der Waals surface area contributed by atoms with Crippen LogP contribution in [0, 0.1) is 5.92 Å². The van der Waals surface area contributed by atoms with E-state index >= 15 is 0 Å². The van der Waals surface area contributed by atoms with Gasteiger partial charge in [0.1, 0.15) is 0 Å². The van der Waals surface area contributed by atoms with Gasteiger partial charge in [-0.25, -0.2) is 0 Å². The number of rotatable bonds is 4. The second-order valence-corrected chi connectivity index (χ2v) is 3.90. The maximum absolute atomic E-state index is 12.2. The average molecular weight is 293 g/mol. The SMILES string of the molecule is CCC(CC)CN(C(=O)C(F)(F)F)C(=O)C(F)(F)F. The minimum Gasteiger partial charge on any atom is -0.267 e. The van der Waals surface area contributed by atoms with Gasteiger partial charge in [-0.3, -0.25) is 14.5 Å². The topological polar surface area (TPSA) is 37.4 Å². The molecule has 0 aromatic rings. The molecule has 0 fully saturated rings. The molecule has 0 N–H and O–H groups in total. The first-order valence-corrected chi connectivity index (χ1v) is 5.44. The number of hydrogen-bond acceptors (Lipinski definition) is 2. The van der Waals surface area contributed by atoms with Crippen molar-refractivity contribution >= 4 is 11.8 Å². The van der Waals surface area contributed by atoms with Gasteiger partial charge in [0, 0.05) is 6.54 Å². The molecule has 3 nitrogen and oxygen atoms in total. The summed E-state index contributed by atoms with van der Waals surface area (Å²) in [6, 6.07) is 0. The predicted molar refractivity (Wildman–Crippen MR) is 52.9 cm³/mol. The molecule has 0 aliphatic heterocycles. The molecule has 19 heavy (non-hydrogen) atoms. The summed E-state index contributed by atoms with van der Waals surface area (Å²) in [7, 11) is 0. The lowest BCUT2D eigenvalue weighted by atomic mass is 10.0. The Hall–Kier alpha value is -1.28. The smallest absolute Gasteiger partial charge is 0.267 e. The molecule has 2 amide bonds. The Labute approximate surface area is 105 Å². The zero-order valence-corrected chi connectivity index (χ0v) is 10.2. The van der Waals surface area contributed by atoms with Crippen molar-refractivity contribution in [3.05, 3.63) is 0 Å². The Kier molecular flexibility index (Phi) is 5.83. The molecule has 0 aromatic carbocycles. The van der Waals surface area contributed by atoms with E-state index in [0.717, 1.165) is 0 Å². The second-order valence-electron chi connectivity index (χ2n) is 3.90. The fourth-order valence-corrected chi connectivity index (χ4v) is 1.37. The van der Waals surface area contributed by atoms with Crippen molar-refractivity contribution in [2.24, 2.45) is 5.92 Å². The zero-order valence-electron chi connectivity index (χ0n) is 10.2. The number of hydrogen-bond donors (Lipinski definition) is 0. The highest BCUT2D eigenvalue weighted by Gasteiger charge is 2.52. The summed E-state index contributed by atoms with van der Waals surface area (Å²) in [5, 5.41) is 0. The first-order valence-electron chi connectivity index (χ1n) is 5.44. The Bertz CT molecular complexity index is 306. The van der Waals surface area contributed by atoms with Crippen molar-refractivity contribution in [3.63, 3.8) is 0 Å². The molecule has 0 saturated carbocycles. The monoisotopic (exact) mass is 293 g/mol. The van der Waals surface area contributed by atoms with Gasteiger partial charge in [-0.2, -0.15) is 26.3 Å². The molecule has 0 aromatic heterocycles. The largest absolute Gasteiger partial charge is 0.471 e. The summed E-state index contributed by atoms with van der Waals surface area (Å²) >= 11 is 0. The zero-order chi connectivity index (χ0) is 15.4. The quantitative estimate of drug-likeness (QED) is 0.747. The molecular weight excluding hydrogens is 280 g/mol. The number of alkyl halides is 6. The van der Waals surface area contributed by atoms with E-state index in [0.29, 0.717) is 0 Å². The van der Waals surface area contributed by atoms with Crippen molar-refractivity contribution in [3.8, 4) is 0 Å². The van der Waals surface area contributed by atoms with Crippen LogP contribution in [0.3, 0.4) is 0 Å². The van der Waals surface area contributed by atoms with Crippen LogP contribution in [0.4, 0.5) is 26.3 Å². The summed E-state index contributed by atoms with van der Waals surface area (Å²) in [4.78, 5) is 21.0. The molecule has 0 heterocycles. The number of carbonyl (C=O) groups excluding carboxylic acids is 2. The lowest BCUT2D eigenvalue weighted by Crippen LogP contribution is -2.51. The van der Waals surface area contributed by atoms with E-state index in [1.165, 1.54) is 0 Å². The van der Waals surface area contributed by atoms with Crippen molar-refractivity contribution in [1.29, 1.82) is 0 Å². The van der Waals surface area contributed by atoms with Gasteiger partial charge < -0.3 is 0 Å². The highest BCUT2D eigenvalue weighted by Crippen LogP contribution is 2.26. The molecule has 112 valence electrons. The summed E-state index contributed by atoms with van der Waals surface area (Å²) in [5.74, 6) is -6.19. The Balaban J connectivity index is 5.27. The lowest BCUT2D eigenvalue weighted by molar-refractivity contribution is -0.204. The third-order valence-electron chi connectivity index (χ3n) is 2.57. The fraction of sp³-hybridized carbons (Fsp3) is 0.800. The van der Waals surface area contributed by atoms with E-state index in [-0.39, 0.29) is 12.8 Å². The van der Waals surface area contributed by atoms with E-state index in [1.54, 1.807) is 13.8 Å². The van der Waals surface area contributed by atoms with Crippen LogP contribution in [0.15, 0.2) is 0 Å². The average Bonchev–Trinajstić information content (AvgIpc) is 2.27. The van der Waals surface area contributed by atoms with Gasteiger partial charge in [0.25, 0.3) is 0 Å². The summed E-state index contributed by atoms with van der Waals surface area (Å²) < 4.78 is 73.2. The minimum absolute atomic E-state index is 0.253. The maximum Gasteiger partial charge on any atom is 0.471 e. The van der Waals surface area contributed by atoms with Gasteiger partial charge in [-0.1, -0.05) is 26.7 Å². The van der Waals surface area contributed by atoms with Crippen molar-refractivity contribution in [2.45, 2.75) is 39.0 Å². The molecule has 0 radical (unpaired) electrons. The summed E-state index contributed by atoms with van der Waals surface area (Å²) in [6.07, 6.45) is -10.5. The van der Waals surface area contributed by atoms with Crippen LogP contribution in [-0.2, 0) is 9.59 Å². The number of imide groups is 1. The highest BCUT2D eigenvalue weighted by molar-refractivity contribution is 6.00. The first-order chi connectivity index (χ1) is 8.45. The third-order valence-corrected chi connectivity index (χ3v) is 2.57. The van der Waals surface area contributed by atoms with E-state index < -0.39 is 41.5 Å². The Morgan fingerprint density at radius 1 is 0.895 bits per heavy atom. The molecule has 0 aliphatic carbocycles. The Morgan fingerprint density at radius 3 is 1.42 bits per heavy atom. The number of halogens is 6. The highest BCUT2D eigenvalue weighted by atomic mass is 19.4. The molecule has 0 spiro atoms. The Morgan fingerprint density at radius 2 is 1.21 bits per heavy atom. The van der Waals surface area contributed by atoms with Gasteiger partial charge in [0.05, 0.1) is 0 Å². The maximum atomic E-state index is 12.2. The molecule has 0 bridgehead atoms. The van der Waals surface area contributed by atoms with Crippen LogP contribution in [-0.4, -0.2) is 35.6 Å². The number of amides is 2. The van der Waals surface area contributed by atoms with Gasteiger partial charge >= 0.3 is 24.2 Å². The third kappa shape index (κ3) is 5.07. The molecule has 0 rings (SSSR count). The van der Waals surface area contributed by atoms with Crippen molar-refractivity contribution in [2.75, 3.05) is 6.54 Å². The standard InChI is InChI=1S/C10H13F6NO2/c1-3-6(4-2)5-17(7(18)9(11,12)13)8(19)10(14,15)16/h6H,3-5H2,1-2H3. The van der Waals surface area contributed by atoms with Crippen LogP contribution in [0.2, 0.25) is 0 Å². The molecule has 0 aliphatic rings. The summed E-state index contributed by atoms with van der Waals surface area (Å²) in [5.41, 5.74) is 0. The first kappa shape index (κ1) is 17.7. The van der Waals surface area contributed by atoms with Gasteiger partial charge in [0.2, 0.25) is 0 Å². The fourth-order valence-electron chi connectivity index (χ4n) is 1.37. The minimum atomic E-state index is -5.52. The normalized spacial score (nSPS) is 12.7. The van der Waals surface area contributed by atoms with Gasteiger partial charge in [-0.15, -0.1) is 0 Å². The van der Waals surface area contributed by atoms with Crippen LogP contribution < -0.4 is 0 Å². The van der Waals surface area contributed by atoms with E-state index in [2.05, 4.69) is 0 Å². The summed E-state index contributed by atoms with van der Waals surface area (Å²) in [6.45, 7) is 2.19. The van der Waals surface area contributed by atoms with E-state index in [9.17, 15) is 35.9 Å². The number of nitrogens with zero attached hydrogens (tertiary/aromatic N) is 1. The van der Waals surface area contributed by atoms with Crippen LogP contribution in [0.25, 0.3) is 0 Å². The molecule has 0 unspecified atom stereocenters. The second kappa shape index (κ2) is 6.25. The lowest BCUT2D eigenvalue weighted by Gasteiger charge is -2.26. The van der Waals surface area contributed by atoms with Crippen LogP contribution in [0.5, 0.6) is 0 Å². The van der Waals surface area contributed by atoms with Crippen LogP contribution >= 0.6 is 0 Å². The van der Waals surface area contributed by atoms with E-state index in [4.69, 9.17) is 0 Å². The molecule has 9 heteroatoms. The molecular formula is C10H13F6NO2. The van der Waals surface area contributed by atoms with E-state index in [1.807, 2.05) is 0 Å².